The van der Waals surface area contributed by atoms with Crippen LogP contribution in [0.25, 0.3) is 6.08 Å². The molecule has 0 saturated carbocycles. The number of allylic oxidation sites excluding steroid dienone is 1. The lowest BCUT2D eigenvalue weighted by molar-refractivity contribution is -0.149. The quantitative estimate of drug-likeness (QED) is 0.740. The number of hydrogen-bond donors (Lipinski definition) is 0. The first-order valence-corrected chi connectivity index (χ1v) is 8.73. The molecular formula is C21H18O4. The molecule has 4 heteroatoms. The van der Waals surface area contributed by atoms with Crippen LogP contribution >= 0.6 is 0 Å². The Kier molecular flexibility index (Phi) is 3.38. The predicted octanol–water partition coefficient (Wildman–Crippen LogP) is 3.99. The van der Waals surface area contributed by atoms with Gasteiger partial charge >= 0.3 is 0 Å². The molecular weight excluding hydrogens is 316 g/mol. The van der Waals surface area contributed by atoms with Crippen LogP contribution in [-0.4, -0.2) is 18.7 Å². The number of ketones is 1. The van der Waals surface area contributed by atoms with Crippen molar-refractivity contribution in [1.29, 1.82) is 0 Å². The average Bonchev–Trinajstić information content (AvgIpc) is 2.97. The van der Waals surface area contributed by atoms with Gasteiger partial charge in [-0.05, 0) is 43.0 Å². The van der Waals surface area contributed by atoms with Crippen molar-refractivity contribution in [2.24, 2.45) is 5.92 Å². The highest BCUT2D eigenvalue weighted by Gasteiger charge is 2.38. The second-order valence-corrected chi connectivity index (χ2v) is 6.73. The smallest absolute Gasteiger partial charge is 0.231 e. The molecule has 2 atom stereocenters. The van der Waals surface area contributed by atoms with Crippen molar-refractivity contribution in [3.8, 4) is 11.5 Å². The van der Waals surface area contributed by atoms with Gasteiger partial charge in [0.05, 0.1) is 12.2 Å². The van der Waals surface area contributed by atoms with Crippen LogP contribution in [0, 0.1) is 5.92 Å². The molecule has 0 aromatic heterocycles. The minimum atomic E-state index is -0.171. The van der Waals surface area contributed by atoms with E-state index in [0.717, 1.165) is 42.7 Å². The molecule has 0 aliphatic carbocycles. The number of Topliss-reactive ketones (excluding diaryl/α,β-unsaturated/α-hetero) is 1. The summed E-state index contributed by atoms with van der Waals surface area (Å²) in [6, 6.07) is 13.4. The van der Waals surface area contributed by atoms with E-state index in [-0.39, 0.29) is 12.1 Å². The molecule has 25 heavy (non-hydrogen) atoms. The van der Waals surface area contributed by atoms with Crippen LogP contribution in [0.4, 0.5) is 0 Å². The molecule has 0 radical (unpaired) electrons. The van der Waals surface area contributed by atoms with Crippen molar-refractivity contribution in [1.82, 2.24) is 0 Å². The number of carbonyl (C=O) groups is 1. The first kappa shape index (κ1) is 14.7. The summed E-state index contributed by atoms with van der Waals surface area (Å²) in [5.41, 5.74) is 2.57. The molecule has 3 heterocycles. The topological polar surface area (TPSA) is 44.8 Å². The molecule has 1 fully saturated rings. The maximum atomic E-state index is 12.7. The molecule has 5 rings (SSSR count). The van der Waals surface area contributed by atoms with E-state index >= 15 is 0 Å². The van der Waals surface area contributed by atoms with Crippen molar-refractivity contribution >= 4 is 11.9 Å². The van der Waals surface area contributed by atoms with Gasteiger partial charge in [-0.25, -0.2) is 0 Å². The van der Waals surface area contributed by atoms with Gasteiger partial charge in [0.2, 0.25) is 12.1 Å². The summed E-state index contributed by atoms with van der Waals surface area (Å²) in [4.78, 5) is 12.7. The summed E-state index contributed by atoms with van der Waals surface area (Å²) in [6.07, 6.45) is 4.58. The largest absolute Gasteiger partial charge is 0.464 e. The van der Waals surface area contributed by atoms with Gasteiger partial charge < -0.3 is 14.2 Å². The molecule has 0 amide bonds. The summed E-state index contributed by atoms with van der Waals surface area (Å²) in [6.45, 7) is 0.750. The molecule has 0 bridgehead atoms. The summed E-state index contributed by atoms with van der Waals surface area (Å²) in [7, 11) is 0. The highest BCUT2D eigenvalue weighted by Crippen LogP contribution is 2.45. The molecule has 126 valence electrons. The zero-order chi connectivity index (χ0) is 16.8. The second-order valence-electron chi connectivity index (χ2n) is 6.73. The summed E-state index contributed by atoms with van der Waals surface area (Å²) in [5.74, 6) is 2.07. The Morgan fingerprint density at radius 2 is 1.96 bits per heavy atom. The predicted molar refractivity (Wildman–Crippen MR) is 92.6 cm³/mol. The Balaban J connectivity index is 1.52. The van der Waals surface area contributed by atoms with E-state index in [4.69, 9.17) is 14.2 Å². The first-order chi connectivity index (χ1) is 12.3. The third-order valence-corrected chi connectivity index (χ3v) is 5.09. The third kappa shape index (κ3) is 2.45. The number of rotatable bonds is 1. The zero-order valence-corrected chi connectivity index (χ0v) is 13.7. The van der Waals surface area contributed by atoms with E-state index in [2.05, 4.69) is 0 Å². The number of benzene rings is 2. The van der Waals surface area contributed by atoms with Crippen LogP contribution in [0.1, 0.15) is 34.3 Å². The van der Waals surface area contributed by atoms with Crippen LogP contribution in [0.5, 0.6) is 11.5 Å². The van der Waals surface area contributed by atoms with Crippen molar-refractivity contribution in [2.75, 3.05) is 6.61 Å². The normalized spacial score (nSPS) is 25.6. The molecule has 1 saturated heterocycles. The number of carbonyl (C=O) groups excluding carboxylic acids is 1. The Bertz CT molecular complexity index is 869. The fourth-order valence-electron chi connectivity index (χ4n) is 3.83. The number of hydrogen-bond acceptors (Lipinski definition) is 4. The van der Waals surface area contributed by atoms with Gasteiger partial charge in [0.25, 0.3) is 0 Å². The summed E-state index contributed by atoms with van der Waals surface area (Å²) in [5, 5.41) is 0. The molecule has 3 aliphatic heterocycles. The number of ether oxygens (including phenoxy) is 3. The lowest BCUT2D eigenvalue weighted by Gasteiger charge is -2.36. The third-order valence-electron chi connectivity index (χ3n) is 5.09. The van der Waals surface area contributed by atoms with Crippen molar-refractivity contribution < 1.29 is 19.0 Å². The van der Waals surface area contributed by atoms with E-state index in [9.17, 15) is 4.79 Å². The SMILES string of the molecule is O=C1C(=Cc2ccccc2)Oc2c1ccc1c2CC2CCCOC2O1. The van der Waals surface area contributed by atoms with Crippen molar-refractivity contribution in [3.05, 3.63) is 64.9 Å². The van der Waals surface area contributed by atoms with E-state index in [1.54, 1.807) is 12.1 Å². The maximum absolute atomic E-state index is 12.7. The van der Waals surface area contributed by atoms with Gasteiger partial charge in [-0.3, -0.25) is 4.79 Å². The fraction of sp³-hybridized carbons (Fsp3) is 0.286. The van der Waals surface area contributed by atoms with Gasteiger partial charge in [0.1, 0.15) is 11.5 Å². The van der Waals surface area contributed by atoms with Crippen LogP contribution in [0.2, 0.25) is 0 Å². The summed E-state index contributed by atoms with van der Waals surface area (Å²) >= 11 is 0. The lowest BCUT2D eigenvalue weighted by atomic mass is 9.88. The Morgan fingerprint density at radius 1 is 1.08 bits per heavy atom. The van der Waals surface area contributed by atoms with Gasteiger partial charge in [0.15, 0.2) is 5.76 Å². The zero-order valence-electron chi connectivity index (χ0n) is 13.7. The van der Waals surface area contributed by atoms with Crippen LogP contribution in [-0.2, 0) is 11.2 Å². The standard InChI is InChI=1S/C21H18O4/c22-19-15-8-9-17-16(12-14-7-4-10-23-21(14)25-17)20(15)24-18(19)11-13-5-2-1-3-6-13/h1-3,5-6,8-9,11,14,21H,4,7,10,12H2. The van der Waals surface area contributed by atoms with Gasteiger partial charge in [-0.1, -0.05) is 30.3 Å². The first-order valence-electron chi connectivity index (χ1n) is 8.73. The van der Waals surface area contributed by atoms with Crippen molar-refractivity contribution in [3.63, 3.8) is 0 Å². The van der Waals surface area contributed by atoms with Gasteiger partial charge in [-0.2, -0.15) is 0 Å². The van der Waals surface area contributed by atoms with E-state index in [1.807, 2.05) is 36.4 Å². The van der Waals surface area contributed by atoms with Crippen LogP contribution < -0.4 is 9.47 Å². The highest BCUT2D eigenvalue weighted by atomic mass is 16.7. The van der Waals surface area contributed by atoms with Crippen LogP contribution in [0.3, 0.4) is 0 Å². The van der Waals surface area contributed by atoms with Crippen molar-refractivity contribution in [2.45, 2.75) is 25.6 Å². The maximum Gasteiger partial charge on any atom is 0.231 e. The van der Waals surface area contributed by atoms with Gasteiger partial charge in [0, 0.05) is 11.5 Å². The molecule has 2 aromatic rings. The highest BCUT2D eigenvalue weighted by molar-refractivity contribution is 6.15. The van der Waals surface area contributed by atoms with Crippen LogP contribution in [0.15, 0.2) is 48.2 Å². The minimum Gasteiger partial charge on any atom is -0.464 e. The lowest BCUT2D eigenvalue weighted by Crippen LogP contribution is -2.38. The fourth-order valence-corrected chi connectivity index (χ4v) is 3.83. The molecule has 3 aliphatic rings. The Labute approximate surface area is 146 Å². The average molecular weight is 334 g/mol. The van der Waals surface area contributed by atoms with Gasteiger partial charge in [-0.15, -0.1) is 0 Å². The minimum absolute atomic E-state index is 0.0660. The monoisotopic (exact) mass is 334 g/mol. The molecule has 2 unspecified atom stereocenters. The molecule has 0 spiro atoms. The van der Waals surface area contributed by atoms with E-state index < -0.39 is 0 Å². The second kappa shape index (κ2) is 5.74. The molecule has 4 nitrogen and oxygen atoms in total. The molecule has 0 N–H and O–H groups in total. The Hall–Kier alpha value is -2.59. The Morgan fingerprint density at radius 3 is 2.84 bits per heavy atom. The number of fused-ring (bicyclic) bond motifs is 4. The molecule has 2 aromatic carbocycles. The van der Waals surface area contributed by atoms with E-state index in [0.29, 0.717) is 23.0 Å². The van der Waals surface area contributed by atoms with E-state index in [1.165, 1.54) is 0 Å². The summed E-state index contributed by atoms with van der Waals surface area (Å²) < 4.78 is 17.7.